The molecule has 9 nitrogen and oxygen atoms in total. The van der Waals surface area contributed by atoms with E-state index in [1.165, 1.54) is 19.2 Å². The molecule has 0 unspecified atom stereocenters. The van der Waals surface area contributed by atoms with Gasteiger partial charge in [-0.2, -0.15) is 15.0 Å². The Morgan fingerprint density at radius 1 is 1.08 bits per heavy atom. The molecule has 3 rings (SSSR count). The second-order valence-corrected chi connectivity index (χ2v) is 5.58. The molecule has 1 aromatic heterocycles. The van der Waals surface area contributed by atoms with Gasteiger partial charge >= 0.3 is 0 Å². The fraction of sp³-hybridized carbons (Fsp3) is 0.0625. The van der Waals surface area contributed by atoms with Gasteiger partial charge in [-0.1, -0.05) is 11.6 Å². The van der Waals surface area contributed by atoms with Gasteiger partial charge in [0.2, 0.25) is 11.9 Å². The van der Waals surface area contributed by atoms with Crippen molar-refractivity contribution in [1.82, 2.24) is 15.0 Å². The smallest absolute Gasteiger partial charge is 0.232 e. The van der Waals surface area contributed by atoms with Crippen molar-refractivity contribution in [3.8, 4) is 17.1 Å². The zero-order chi connectivity index (χ0) is 18.7. The minimum atomic E-state index is 0.0213. The molecule has 0 fully saturated rings. The summed E-state index contributed by atoms with van der Waals surface area (Å²) in [4.78, 5) is 12.5. The lowest BCUT2D eigenvalue weighted by Crippen LogP contribution is -2.10. The highest BCUT2D eigenvalue weighted by Crippen LogP contribution is 2.31. The van der Waals surface area contributed by atoms with Crippen LogP contribution in [0.15, 0.2) is 42.5 Å². The Balaban J connectivity index is 1.94. The molecule has 0 saturated heterocycles. The number of nitrogens with two attached hydrogens (primary N) is 1. The molecule has 0 atom stereocenters. The minimum Gasteiger partial charge on any atom is -0.496 e. The summed E-state index contributed by atoms with van der Waals surface area (Å²) in [6, 6.07) is 11.3. The summed E-state index contributed by atoms with van der Waals surface area (Å²) in [5, 5.41) is 21.4. The lowest BCUT2D eigenvalue weighted by atomic mass is 10.2. The van der Waals surface area contributed by atoms with Crippen LogP contribution >= 0.6 is 11.6 Å². The number of hydrogen-bond donors (Lipinski definition) is 4. The zero-order valence-electron chi connectivity index (χ0n) is 13.6. The van der Waals surface area contributed by atoms with Crippen molar-refractivity contribution in [1.29, 1.82) is 0 Å². The average molecular weight is 375 g/mol. The van der Waals surface area contributed by atoms with E-state index < -0.39 is 0 Å². The van der Waals surface area contributed by atoms with Gasteiger partial charge < -0.3 is 15.8 Å². The Bertz CT molecular complexity index is 920. The van der Waals surface area contributed by atoms with Crippen LogP contribution in [0.5, 0.6) is 5.75 Å². The minimum absolute atomic E-state index is 0.0213. The van der Waals surface area contributed by atoms with E-state index in [0.29, 0.717) is 27.8 Å². The number of aromatic nitrogens is 3. The Morgan fingerprint density at radius 2 is 1.81 bits per heavy atom. The van der Waals surface area contributed by atoms with E-state index >= 15 is 0 Å². The van der Waals surface area contributed by atoms with Gasteiger partial charge in [0.15, 0.2) is 5.82 Å². The first-order chi connectivity index (χ1) is 12.5. The number of methoxy groups -OCH3 is 1. The maximum atomic E-state index is 8.97. The summed E-state index contributed by atoms with van der Waals surface area (Å²) in [5.41, 5.74) is 7.19. The van der Waals surface area contributed by atoms with Crippen LogP contribution in [-0.4, -0.2) is 32.5 Å². The lowest BCUT2D eigenvalue weighted by molar-refractivity contribution is 0.0292. The molecular formula is C16H15ClN6O3. The van der Waals surface area contributed by atoms with E-state index in [4.69, 9.17) is 32.5 Å². The Morgan fingerprint density at radius 3 is 2.46 bits per heavy atom. The number of hydrogen-bond acceptors (Lipinski definition) is 9. The zero-order valence-corrected chi connectivity index (χ0v) is 14.3. The molecule has 0 radical (unpaired) electrons. The molecule has 0 saturated carbocycles. The summed E-state index contributed by atoms with van der Waals surface area (Å²) >= 11 is 6.05. The molecule has 0 spiro atoms. The topological polar surface area (TPSA) is 130 Å². The Hall–Kier alpha value is -3.14. The van der Waals surface area contributed by atoms with Gasteiger partial charge in [-0.05, 0) is 42.5 Å². The molecule has 0 bridgehead atoms. The standard InChI is InChI=1S/C16H15ClN6O3/c1-26-13-7-2-9(17)8-12(13)14-20-15(18)22-16(21-14)19-10-3-5-11(6-4-10)23(24)25/h2-8,24-25H,1H3,(H3,18,19,20,21,22). The van der Waals surface area contributed by atoms with Gasteiger partial charge in [-0.3, -0.25) is 10.4 Å². The largest absolute Gasteiger partial charge is 0.496 e. The molecule has 5 N–H and O–H groups in total. The maximum absolute atomic E-state index is 8.97. The van der Waals surface area contributed by atoms with E-state index in [0.717, 1.165) is 0 Å². The molecule has 10 heteroatoms. The quantitative estimate of drug-likeness (QED) is 0.497. The third-order valence-electron chi connectivity index (χ3n) is 3.41. The van der Waals surface area contributed by atoms with E-state index in [1.54, 1.807) is 30.3 Å². The first-order valence-electron chi connectivity index (χ1n) is 7.36. The molecule has 134 valence electrons. The van der Waals surface area contributed by atoms with Crippen LogP contribution < -0.4 is 21.0 Å². The van der Waals surface area contributed by atoms with Crippen LogP contribution in [0.3, 0.4) is 0 Å². The number of anilines is 4. The van der Waals surface area contributed by atoms with E-state index in [9.17, 15) is 0 Å². The summed E-state index contributed by atoms with van der Waals surface area (Å²) in [5.74, 6) is 1.08. The van der Waals surface area contributed by atoms with Crippen molar-refractivity contribution in [2.24, 2.45) is 0 Å². The van der Waals surface area contributed by atoms with Gasteiger partial charge in [0.25, 0.3) is 0 Å². The highest BCUT2D eigenvalue weighted by molar-refractivity contribution is 6.30. The van der Waals surface area contributed by atoms with Crippen LogP contribution in [0.1, 0.15) is 0 Å². The summed E-state index contributed by atoms with van der Waals surface area (Å²) in [6.45, 7) is 0. The summed E-state index contributed by atoms with van der Waals surface area (Å²) < 4.78 is 5.32. The first-order valence-corrected chi connectivity index (χ1v) is 7.74. The number of ether oxygens (including phenoxy) is 1. The normalized spacial score (nSPS) is 10.5. The second-order valence-electron chi connectivity index (χ2n) is 5.15. The molecular weight excluding hydrogens is 360 g/mol. The molecule has 0 aliphatic carbocycles. The third-order valence-corrected chi connectivity index (χ3v) is 3.64. The molecule has 0 aliphatic rings. The van der Waals surface area contributed by atoms with Crippen LogP contribution in [0.4, 0.5) is 23.3 Å². The SMILES string of the molecule is COc1ccc(Cl)cc1-c1nc(N)nc(Nc2ccc(N(O)O)cc2)n1. The predicted molar refractivity (Wildman–Crippen MR) is 97.0 cm³/mol. The van der Waals surface area contributed by atoms with Crippen molar-refractivity contribution >= 4 is 34.9 Å². The van der Waals surface area contributed by atoms with Crippen molar-refractivity contribution in [2.45, 2.75) is 0 Å². The van der Waals surface area contributed by atoms with E-state index in [1.807, 2.05) is 0 Å². The van der Waals surface area contributed by atoms with Gasteiger partial charge in [0.05, 0.1) is 18.4 Å². The van der Waals surface area contributed by atoms with Gasteiger partial charge in [0.1, 0.15) is 5.75 Å². The molecule has 0 amide bonds. The number of benzene rings is 2. The first kappa shape index (κ1) is 17.7. The number of rotatable bonds is 5. The van der Waals surface area contributed by atoms with E-state index in [2.05, 4.69) is 20.3 Å². The van der Waals surface area contributed by atoms with Crippen LogP contribution in [0.2, 0.25) is 5.02 Å². The van der Waals surface area contributed by atoms with Crippen molar-refractivity contribution in [2.75, 3.05) is 23.4 Å². The number of nitrogen functional groups attached to an aromatic ring is 1. The van der Waals surface area contributed by atoms with Gasteiger partial charge in [-0.25, -0.2) is 0 Å². The molecule has 26 heavy (non-hydrogen) atoms. The number of nitrogens with one attached hydrogen (secondary N) is 1. The fourth-order valence-corrected chi connectivity index (χ4v) is 2.40. The highest BCUT2D eigenvalue weighted by Gasteiger charge is 2.13. The molecule has 3 aromatic rings. The molecule has 2 aromatic carbocycles. The van der Waals surface area contributed by atoms with Crippen LogP contribution in [0.25, 0.3) is 11.4 Å². The Kier molecular flexibility index (Phi) is 5.03. The Labute approximate surface area is 153 Å². The lowest BCUT2D eigenvalue weighted by Gasteiger charge is -2.11. The molecule has 1 heterocycles. The van der Waals surface area contributed by atoms with Gasteiger partial charge in [0, 0.05) is 10.7 Å². The van der Waals surface area contributed by atoms with Crippen molar-refractivity contribution in [3.63, 3.8) is 0 Å². The van der Waals surface area contributed by atoms with Crippen LogP contribution in [0, 0.1) is 0 Å². The van der Waals surface area contributed by atoms with Gasteiger partial charge in [-0.15, -0.1) is 5.23 Å². The predicted octanol–water partition coefficient (Wildman–Crippen LogP) is 3.11. The monoisotopic (exact) mass is 374 g/mol. The summed E-state index contributed by atoms with van der Waals surface area (Å²) in [6.07, 6.45) is 0. The second kappa shape index (κ2) is 7.40. The fourth-order valence-electron chi connectivity index (χ4n) is 2.23. The maximum Gasteiger partial charge on any atom is 0.232 e. The molecule has 0 aliphatic heterocycles. The third kappa shape index (κ3) is 3.91. The van der Waals surface area contributed by atoms with Crippen molar-refractivity contribution in [3.05, 3.63) is 47.5 Å². The highest BCUT2D eigenvalue weighted by atomic mass is 35.5. The van der Waals surface area contributed by atoms with E-state index in [-0.39, 0.29) is 22.8 Å². The van der Waals surface area contributed by atoms with Crippen LogP contribution in [-0.2, 0) is 0 Å². The average Bonchev–Trinajstić information content (AvgIpc) is 2.61. The number of halogens is 1. The van der Waals surface area contributed by atoms with Crippen molar-refractivity contribution < 1.29 is 15.2 Å². The summed E-state index contributed by atoms with van der Waals surface area (Å²) in [7, 11) is 1.53. The number of nitrogens with zero attached hydrogens (tertiary/aromatic N) is 4.